The van der Waals surface area contributed by atoms with Gasteiger partial charge in [0.1, 0.15) is 5.76 Å². The van der Waals surface area contributed by atoms with Crippen molar-refractivity contribution in [1.82, 2.24) is 20.1 Å². The van der Waals surface area contributed by atoms with Gasteiger partial charge in [-0.1, -0.05) is 27.2 Å². The SMILES string of the molecule is CN=C(NCc1ncc(C(C)(C)C)o1)N1CCN(C2CC3CCC2C3)CC1.I. The van der Waals surface area contributed by atoms with Gasteiger partial charge in [0.2, 0.25) is 5.89 Å². The summed E-state index contributed by atoms with van der Waals surface area (Å²) in [6.45, 7) is 11.4. The Morgan fingerprint density at radius 1 is 1.21 bits per heavy atom. The van der Waals surface area contributed by atoms with Crippen molar-refractivity contribution in [3.63, 3.8) is 0 Å². The van der Waals surface area contributed by atoms with Crippen LogP contribution in [-0.4, -0.2) is 60.0 Å². The zero-order chi connectivity index (χ0) is 19.0. The van der Waals surface area contributed by atoms with Crippen LogP contribution < -0.4 is 5.32 Å². The highest BCUT2D eigenvalue weighted by Crippen LogP contribution is 2.46. The Morgan fingerprint density at radius 2 is 1.96 bits per heavy atom. The lowest BCUT2D eigenvalue weighted by Gasteiger charge is -2.41. The van der Waals surface area contributed by atoms with Gasteiger partial charge in [-0.3, -0.25) is 9.89 Å². The highest BCUT2D eigenvalue weighted by atomic mass is 127. The predicted molar refractivity (Wildman–Crippen MR) is 123 cm³/mol. The van der Waals surface area contributed by atoms with E-state index in [0.717, 1.165) is 61.7 Å². The first-order valence-corrected chi connectivity index (χ1v) is 10.6. The van der Waals surface area contributed by atoms with E-state index < -0.39 is 0 Å². The average molecular weight is 501 g/mol. The molecule has 3 fully saturated rings. The fourth-order valence-electron chi connectivity index (χ4n) is 5.15. The summed E-state index contributed by atoms with van der Waals surface area (Å²) in [5, 5.41) is 3.43. The third-order valence-corrected chi connectivity index (χ3v) is 6.69. The Morgan fingerprint density at radius 3 is 2.50 bits per heavy atom. The van der Waals surface area contributed by atoms with E-state index in [1.807, 2.05) is 13.2 Å². The molecule has 2 heterocycles. The number of hydrogen-bond donors (Lipinski definition) is 1. The van der Waals surface area contributed by atoms with E-state index in [2.05, 4.69) is 45.9 Å². The summed E-state index contributed by atoms with van der Waals surface area (Å²) in [5.41, 5.74) is -0.0110. The number of nitrogens with zero attached hydrogens (tertiary/aromatic N) is 4. The van der Waals surface area contributed by atoms with Crippen molar-refractivity contribution in [2.45, 2.75) is 64.5 Å². The van der Waals surface area contributed by atoms with E-state index in [1.165, 1.54) is 25.7 Å². The Balaban J connectivity index is 0.00000225. The van der Waals surface area contributed by atoms with Crippen molar-refractivity contribution in [2.75, 3.05) is 33.2 Å². The lowest BCUT2D eigenvalue weighted by Crippen LogP contribution is -2.55. The molecule has 7 heteroatoms. The summed E-state index contributed by atoms with van der Waals surface area (Å²) >= 11 is 0. The second kappa shape index (κ2) is 8.90. The fourth-order valence-corrected chi connectivity index (χ4v) is 5.15. The van der Waals surface area contributed by atoms with Crippen molar-refractivity contribution in [2.24, 2.45) is 16.8 Å². The number of aromatic nitrogens is 1. The van der Waals surface area contributed by atoms with Crippen molar-refractivity contribution in [3.05, 3.63) is 17.8 Å². The minimum atomic E-state index is -0.0110. The number of halogens is 1. The molecular formula is C21H36IN5O. The number of piperazine rings is 1. The molecule has 3 aliphatic rings. The molecule has 0 amide bonds. The monoisotopic (exact) mass is 501 g/mol. The molecule has 1 N–H and O–H groups in total. The second-order valence-electron chi connectivity index (χ2n) is 9.53. The summed E-state index contributed by atoms with van der Waals surface area (Å²) in [5.74, 6) is 4.60. The molecule has 1 saturated heterocycles. The first kappa shape index (κ1) is 21.9. The molecule has 28 heavy (non-hydrogen) atoms. The largest absolute Gasteiger partial charge is 0.443 e. The highest BCUT2D eigenvalue weighted by Gasteiger charge is 2.42. The molecular weight excluding hydrogens is 465 g/mol. The Kier molecular flexibility index (Phi) is 6.95. The number of oxazole rings is 1. The van der Waals surface area contributed by atoms with Gasteiger partial charge in [0.05, 0.1) is 12.7 Å². The summed E-state index contributed by atoms with van der Waals surface area (Å²) in [7, 11) is 1.86. The smallest absolute Gasteiger partial charge is 0.213 e. The fraction of sp³-hybridized carbons (Fsp3) is 0.810. The number of guanidine groups is 1. The van der Waals surface area contributed by atoms with Crippen molar-refractivity contribution < 1.29 is 4.42 Å². The molecule has 4 rings (SSSR count). The maximum atomic E-state index is 5.89. The summed E-state index contributed by atoms with van der Waals surface area (Å²) < 4.78 is 5.89. The van der Waals surface area contributed by atoms with Crippen LogP contribution in [0.1, 0.15) is 58.1 Å². The van der Waals surface area contributed by atoms with Gasteiger partial charge in [0.15, 0.2) is 5.96 Å². The first-order valence-electron chi connectivity index (χ1n) is 10.6. The average Bonchev–Trinajstić information content (AvgIpc) is 3.39. The first-order chi connectivity index (χ1) is 12.9. The molecule has 158 valence electrons. The Hall–Kier alpha value is -0.830. The number of hydrogen-bond acceptors (Lipinski definition) is 4. The van der Waals surface area contributed by atoms with Gasteiger partial charge in [0, 0.05) is 44.7 Å². The molecule has 3 unspecified atom stereocenters. The van der Waals surface area contributed by atoms with Crippen molar-refractivity contribution in [1.29, 1.82) is 0 Å². The number of aliphatic imine (C=N–C) groups is 1. The number of nitrogens with one attached hydrogen (secondary N) is 1. The van der Waals surface area contributed by atoms with E-state index >= 15 is 0 Å². The Labute approximate surface area is 186 Å². The van der Waals surface area contributed by atoms with Gasteiger partial charge in [-0.25, -0.2) is 4.98 Å². The van der Waals surface area contributed by atoms with Crippen molar-refractivity contribution >= 4 is 29.9 Å². The van der Waals surface area contributed by atoms with Crippen LogP contribution in [0.3, 0.4) is 0 Å². The molecule has 0 spiro atoms. The number of rotatable bonds is 3. The third kappa shape index (κ3) is 4.66. The predicted octanol–water partition coefficient (Wildman–Crippen LogP) is 3.47. The molecule has 2 saturated carbocycles. The van der Waals surface area contributed by atoms with Gasteiger partial charge in [-0.2, -0.15) is 0 Å². The van der Waals surface area contributed by atoms with Crippen LogP contribution in [0.15, 0.2) is 15.6 Å². The second-order valence-corrected chi connectivity index (χ2v) is 9.53. The van der Waals surface area contributed by atoms with Gasteiger partial charge in [-0.05, 0) is 31.1 Å². The van der Waals surface area contributed by atoms with Gasteiger partial charge >= 0.3 is 0 Å². The number of fused-ring (bicyclic) bond motifs is 2. The highest BCUT2D eigenvalue weighted by molar-refractivity contribution is 14.0. The molecule has 0 aromatic carbocycles. The quantitative estimate of drug-likeness (QED) is 0.391. The van der Waals surface area contributed by atoms with Crippen LogP contribution in [0, 0.1) is 11.8 Å². The molecule has 1 aliphatic heterocycles. The minimum absolute atomic E-state index is 0. The van der Waals surface area contributed by atoms with E-state index in [4.69, 9.17) is 4.42 Å². The molecule has 1 aromatic heterocycles. The van der Waals surface area contributed by atoms with Gasteiger partial charge < -0.3 is 14.6 Å². The van der Waals surface area contributed by atoms with Crippen LogP contribution in [0.25, 0.3) is 0 Å². The molecule has 6 nitrogen and oxygen atoms in total. The lowest BCUT2D eigenvalue weighted by molar-refractivity contribution is 0.0957. The zero-order valence-corrected chi connectivity index (χ0v) is 20.1. The third-order valence-electron chi connectivity index (χ3n) is 6.69. The molecule has 2 aliphatic carbocycles. The van der Waals surface area contributed by atoms with Crippen molar-refractivity contribution in [3.8, 4) is 0 Å². The molecule has 1 aromatic rings. The Bertz CT molecular complexity index is 675. The van der Waals surface area contributed by atoms with Crippen LogP contribution in [0.2, 0.25) is 0 Å². The summed E-state index contributed by atoms with van der Waals surface area (Å²) in [4.78, 5) is 14.0. The summed E-state index contributed by atoms with van der Waals surface area (Å²) in [6, 6.07) is 0.851. The maximum absolute atomic E-state index is 5.89. The van der Waals surface area contributed by atoms with E-state index in [1.54, 1.807) is 0 Å². The van der Waals surface area contributed by atoms with E-state index in [9.17, 15) is 0 Å². The topological polar surface area (TPSA) is 56.9 Å². The van der Waals surface area contributed by atoms with Crippen LogP contribution in [-0.2, 0) is 12.0 Å². The summed E-state index contributed by atoms with van der Waals surface area (Å²) in [6.07, 6.45) is 7.72. The molecule has 2 bridgehead atoms. The minimum Gasteiger partial charge on any atom is -0.443 e. The van der Waals surface area contributed by atoms with Gasteiger partial charge in [0.25, 0.3) is 0 Å². The molecule has 0 radical (unpaired) electrons. The van der Waals surface area contributed by atoms with Gasteiger partial charge in [-0.15, -0.1) is 24.0 Å². The van der Waals surface area contributed by atoms with Crippen LogP contribution >= 0.6 is 24.0 Å². The standard InChI is InChI=1S/C21H35N5O.HI/c1-21(2,3)18-13-23-19(27-18)14-24-20(22-4)26-9-7-25(8-10-26)17-12-15-5-6-16(17)11-15;/h13,15-17H,5-12,14H2,1-4H3,(H,22,24);1H. The van der Waals surface area contributed by atoms with E-state index in [0.29, 0.717) is 6.54 Å². The normalized spacial score (nSPS) is 28.5. The van der Waals surface area contributed by atoms with Crippen LogP contribution in [0.4, 0.5) is 0 Å². The lowest BCUT2D eigenvalue weighted by atomic mass is 9.93. The zero-order valence-electron chi connectivity index (χ0n) is 17.8. The maximum Gasteiger partial charge on any atom is 0.213 e. The molecule has 3 atom stereocenters. The van der Waals surface area contributed by atoms with E-state index in [-0.39, 0.29) is 29.4 Å². The van der Waals surface area contributed by atoms with Crippen LogP contribution in [0.5, 0.6) is 0 Å².